The monoisotopic (exact) mass is 330 g/mol. The zero-order chi connectivity index (χ0) is 17.0. The van der Waals surface area contributed by atoms with Crippen molar-refractivity contribution in [2.45, 2.75) is 33.7 Å². The van der Waals surface area contributed by atoms with Crippen LogP contribution in [0.5, 0.6) is 0 Å². The first-order valence-corrected chi connectivity index (χ1v) is 8.18. The second-order valence-electron chi connectivity index (χ2n) is 6.19. The minimum atomic E-state index is -0.229. The molecule has 0 saturated heterocycles. The molecule has 4 heteroatoms. The van der Waals surface area contributed by atoms with Crippen LogP contribution in [0.3, 0.4) is 0 Å². The van der Waals surface area contributed by atoms with Crippen molar-refractivity contribution in [2.75, 3.05) is 5.32 Å². The Balaban J connectivity index is 2.12. The van der Waals surface area contributed by atoms with Gasteiger partial charge >= 0.3 is 0 Å². The molecule has 1 atom stereocenters. The van der Waals surface area contributed by atoms with E-state index in [4.69, 9.17) is 12.2 Å². The van der Waals surface area contributed by atoms with E-state index in [1.54, 1.807) is 12.1 Å². The summed E-state index contributed by atoms with van der Waals surface area (Å²) in [6, 6.07) is 12.8. The lowest BCUT2D eigenvalue weighted by Crippen LogP contribution is -2.35. The molecule has 0 bridgehead atoms. The number of benzene rings is 2. The first-order chi connectivity index (χ1) is 10.9. The fraction of sp³-hybridized carbons (Fsp3) is 0.316. The summed E-state index contributed by atoms with van der Waals surface area (Å²) >= 11 is 5.46. The third kappa shape index (κ3) is 4.76. The predicted molar refractivity (Wildman–Crippen MR) is 99.3 cm³/mol. The molecule has 2 rings (SSSR count). The molecule has 0 aliphatic heterocycles. The molecule has 0 aromatic heterocycles. The van der Waals surface area contributed by atoms with E-state index in [0.717, 1.165) is 16.8 Å². The molecule has 0 fully saturated rings. The zero-order valence-electron chi connectivity index (χ0n) is 14.0. The van der Waals surface area contributed by atoms with Gasteiger partial charge in [0.05, 0.1) is 6.04 Å². The smallest absolute Gasteiger partial charge is 0.171 e. The van der Waals surface area contributed by atoms with Gasteiger partial charge in [0.25, 0.3) is 0 Å². The van der Waals surface area contributed by atoms with Crippen LogP contribution in [0.25, 0.3) is 0 Å². The third-order valence-corrected chi connectivity index (χ3v) is 4.04. The maximum Gasteiger partial charge on any atom is 0.171 e. The van der Waals surface area contributed by atoms with Crippen LogP contribution in [-0.4, -0.2) is 5.11 Å². The van der Waals surface area contributed by atoms with Gasteiger partial charge in [0.2, 0.25) is 0 Å². The molecule has 2 aromatic carbocycles. The Morgan fingerprint density at radius 3 is 2.30 bits per heavy atom. The number of aryl methyl sites for hydroxylation is 2. The van der Waals surface area contributed by atoms with Gasteiger partial charge in [-0.05, 0) is 66.9 Å². The minimum Gasteiger partial charge on any atom is -0.355 e. The zero-order valence-corrected chi connectivity index (χ0v) is 14.8. The molecule has 0 unspecified atom stereocenters. The van der Waals surface area contributed by atoms with Crippen LogP contribution in [0.2, 0.25) is 0 Å². The van der Waals surface area contributed by atoms with Crippen molar-refractivity contribution in [1.82, 2.24) is 5.32 Å². The number of halogens is 1. The summed E-state index contributed by atoms with van der Waals surface area (Å²) in [4.78, 5) is 0. The molecular formula is C19H23FN2S. The SMILES string of the molecule is Cc1ccc(C)c(NC(=S)N[C@H](c2ccc(F)cc2)C(C)C)c1. The Hall–Kier alpha value is -1.94. The summed E-state index contributed by atoms with van der Waals surface area (Å²) < 4.78 is 13.1. The highest BCUT2D eigenvalue weighted by molar-refractivity contribution is 7.80. The van der Waals surface area contributed by atoms with Gasteiger partial charge in [0.15, 0.2) is 5.11 Å². The second kappa shape index (κ2) is 7.55. The topological polar surface area (TPSA) is 24.1 Å². The van der Waals surface area contributed by atoms with Crippen molar-refractivity contribution in [2.24, 2.45) is 5.92 Å². The van der Waals surface area contributed by atoms with Crippen LogP contribution in [0.15, 0.2) is 42.5 Å². The molecule has 2 N–H and O–H groups in total. The van der Waals surface area contributed by atoms with Crippen molar-refractivity contribution in [3.8, 4) is 0 Å². The van der Waals surface area contributed by atoms with Crippen molar-refractivity contribution in [1.29, 1.82) is 0 Å². The van der Waals surface area contributed by atoms with E-state index in [2.05, 4.69) is 49.6 Å². The van der Waals surface area contributed by atoms with E-state index in [1.165, 1.54) is 17.7 Å². The van der Waals surface area contributed by atoms with E-state index in [9.17, 15) is 4.39 Å². The molecule has 0 aliphatic rings. The highest BCUT2D eigenvalue weighted by atomic mass is 32.1. The van der Waals surface area contributed by atoms with Crippen LogP contribution >= 0.6 is 12.2 Å². The predicted octanol–water partition coefficient (Wildman–Crippen LogP) is 5.13. The highest BCUT2D eigenvalue weighted by Gasteiger charge is 2.17. The Kier molecular flexibility index (Phi) is 5.72. The average molecular weight is 330 g/mol. The first-order valence-electron chi connectivity index (χ1n) is 7.77. The molecule has 0 radical (unpaired) electrons. The highest BCUT2D eigenvalue weighted by Crippen LogP contribution is 2.23. The molecule has 0 heterocycles. The van der Waals surface area contributed by atoms with Crippen LogP contribution in [0.1, 0.15) is 36.6 Å². The average Bonchev–Trinajstić information content (AvgIpc) is 2.49. The molecular weight excluding hydrogens is 307 g/mol. The third-order valence-electron chi connectivity index (χ3n) is 3.82. The van der Waals surface area contributed by atoms with Gasteiger partial charge < -0.3 is 10.6 Å². The van der Waals surface area contributed by atoms with E-state index < -0.39 is 0 Å². The van der Waals surface area contributed by atoms with E-state index in [-0.39, 0.29) is 11.9 Å². The normalized spacial score (nSPS) is 12.1. The Morgan fingerprint density at radius 1 is 1.04 bits per heavy atom. The summed E-state index contributed by atoms with van der Waals surface area (Å²) in [6.07, 6.45) is 0. The van der Waals surface area contributed by atoms with Crippen LogP contribution in [0, 0.1) is 25.6 Å². The number of anilines is 1. The lowest BCUT2D eigenvalue weighted by Gasteiger charge is -2.25. The molecule has 122 valence electrons. The lowest BCUT2D eigenvalue weighted by molar-refractivity contribution is 0.472. The molecule has 0 amide bonds. The van der Waals surface area contributed by atoms with Gasteiger partial charge in [-0.15, -0.1) is 0 Å². The Morgan fingerprint density at radius 2 is 1.70 bits per heavy atom. The van der Waals surface area contributed by atoms with Crippen molar-refractivity contribution in [3.05, 3.63) is 65.0 Å². The van der Waals surface area contributed by atoms with Gasteiger partial charge in [-0.1, -0.05) is 38.1 Å². The van der Waals surface area contributed by atoms with Crippen LogP contribution in [-0.2, 0) is 0 Å². The summed E-state index contributed by atoms with van der Waals surface area (Å²) in [5, 5.41) is 7.18. The maximum absolute atomic E-state index is 13.1. The van der Waals surface area contributed by atoms with Gasteiger partial charge in [-0.2, -0.15) is 0 Å². The van der Waals surface area contributed by atoms with Crippen molar-refractivity contribution >= 4 is 23.0 Å². The van der Waals surface area contributed by atoms with Gasteiger partial charge in [0, 0.05) is 5.69 Å². The molecule has 2 nitrogen and oxygen atoms in total. The molecule has 0 aliphatic carbocycles. The van der Waals surface area contributed by atoms with E-state index >= 15 is 0 Å². The number of nitrogens with one attached hydrogen (secondary N) is 2. The largest absolute Gasteiger partial charge is 0.355 e. The summed E-state index contributed by atoms with van der Waals surface area (Å²) in [6.45, 7) is 8.32. The molecule has 2 aromatic rings. The summed E-state index contributed by atoms with van der Waals surface area (Å²) in [5.74, 6) is 0.0890. The quantitative estimate of drug-likeness (QED) is 0.760. The van der Waals surface area contributed by atoms with E-state index in [0.29, 0.717) is 11.0 Å². The molecule has 23 heavy (non-hydrogen) atoms. The van der Waals surface area contributed by atoms with E-state index in [1.807, 2.05) is 6.92 Å². The molecule has 0 spiro atoms. The van der Waals surface area contributed by atoms with Gasteiger partial charge in [-0.3, -0.25) is 0 Å². The second-order valence-corrected chi connectivity index (χ2v) is 6.60. The standard InChI is InChI=1S/C19H23FN2S/c1-12(2)18(15-7-9-16(20)10-8-15)22-19(23)21-17-11-13(3)5-6-14(17)4/h5-12,18H,1-4H3,(H2,21,22,23)/t18-/m0/s1. The fourth-order valence-corrected chi connectivity index (χ4v) is 2.71. The Bertz CT molecular complexity index is 680. The first kappa shape index (κ1) is 17.4. The van der Waals surface area contributed by atoms with Gasteiger partial charge in [0.1, 0.15) is 5.82 Å². The minimum absolute atomic E-state index is 0.0284. The molecule has 0 saturated carbocycles. The number of rotatable bonds is 4. The van der Waals surface area contributed by atoms with Crippen LogP contribution < -0.4 is 10.6 Å². The van der Waals surface area contributed by atoms with Crippen LogP contribution in [0.4, 0.5) is 10.1 Å². The maximum atomic E-state index is 13.1. The lowest BCUT2D eigenvalue weighted by atomic mass is 9.96. The van der Waals surface area contributed by atoms with Crippen molar-refractivity contribution < 1.29 is 4.39 Å². The van der Waals surface area contributed by atoms with Crippen molar-refractivity contribution in [3.63, 3.8) is 0 Å². The number of thiocarbonyl (C=S) groups is 1. The van der Waals surface area contributed by atoms with Gasteiger partial charge in [-0.25, -0.2) is 4.39 Å². The fourth-order valence-electron chi connectivity index (χ4n) is 2.48. The summed E-state index contributed by atoms with van der Waals surface area (Å²) in [7, 11) is 0. The Labute approximate surface area is 143 Å². The number of hydrogen-bond acceptors (Lipinski definition) is 1. The number of hydrogen-bond donors (Lipinski definition) is 2. The summed E-state index contributed by atoms with van der Waals surface area (Å²) in [5.41, 5.74) is 4.35.